The molecule has 3 nitrogen and oxygen atoms in total. The molecule has 1 aromatic rings. The Kier molecular flexibility index (Phi) is 7.26. The molecule has 0 saturated carbocycles. The predicted molar refractivity (Wildman–Crippen MR) is 88.0 cm³/mol. The van der Waals surface area contributed by atoms with Gasteiger partial charge in [0.15, 0.2) is 5.12 Å². The molecule has 0 aliphatic heterocycles. The van der Waals surface area contributed by atoms with Crippen molar-refractivity contribution in [1.29, 1.82) is 0 Å². The highest BCUT2D eigenvalue weighted by atomic mass is 35.5. The highest BCUT2D eigenvalue weighted by Crippen LogP contribution is 2.23. The first kappa shape index (κ1) is 18.1. The summed E-state index contributed by atoms with van der Waals surface area (Å²) in [4.78, 5) is 22.1. The molecule has 116 valence electrons. The quantitative estimate of drug-likeness (QED) is 0.814. The Morgan fingerprint density at radius 2 is 2.00 bits per heavy atom. The summed E-state index contributed by atoms with van der Waals surface area (Å²) in [6.07, 6.45) is 1.94. The Morgan fingerprint density at radius 1 is 1.33 bits per heavy atom. The number of benzene rings is 1. The molecule has 0 bridgehead atoms. The van der Waals surface area contributed by atoms with Gasteiger partial charge in [-0.25, -0.2) is 0 Å². The first-order chi connectivity index (χ1) is 9.79. The van der Waals surface area contributed by atoms with Crippen LogP contribution in [0.5, 0.6) is 0 Å². The van der Waals surface area contributed by atoms with Gasteiger partial charge in [-0.05, 0) is 42.4 Å². The standard InChI is InChI=1S/C16H21ClO3S/c1-10(2)8-13-6-4-12(9-14(13)17)5-7-15(16(19)20)21-11(3)18/h4,6,9-10,15H,5,7-8H2,1-3H3,(H,19,20). The normalized spacial score (nSPS) is 12.4. The average molecular weight is 329 g/mol. The number of aliphatic carboxylic acids is 1. The molecule has 0 fully saturated rings. The molecular formula is C16H21ClO3S. The van der Waals surface area contributed by atoms with E-state index in [4.69, 9.17) is 16.7 Å². The lowest BCUT2D eigenvalue weighted by Gasteiger charge is -2.12. The van der Waals surface area contributed by atoms with Crippen LogP contribution in [0.15, 0.2) is 18.2 Å². The van der Waals surface area contributed by atoms with Crippen molar-refractivity contribution in [1.82, 2.24) is 0 Å². The molecule has 1 rings (SSSR count). The minimum atomic E-state index is -0.947. The highest BCUT2D eigenvalue weighted by molar-refractivity contribution is 8.14. The molecule has 0 amide bonds. The average Bonchev–Trinajstić information content (AvgIpc) is 2.36. The van der Waals surface area contributed by atoms with E-state index in [1.165, 1.54) is 6.92 Å². The summed E-state index contributed by atoms with van der Waals surface area (Å²) in [5.74, 6) is -0.408. The molecule has 0 aromatic heterocycles. The predicted octanol–water partition coefficient (Wildman–Crippen LogP) is 4.20. The van der Waals surface area contributed by atoms with E-state index in [1.54, 1.807) is 0 Å². The van der Waals surface area contributed by atoms with E-state index in [9.17, 15) is 9.59 Å². The second-order valence-electron chi connectivity index (χ2n) is 5.50. The maximum atomic E-state index is 11.1. The van der Waals surface area contributed by atoms with Crippen LogP contribution in [0, 0.1) is 5.92 Å². The summed E-state index contributed by atoms with van der Waals surface area (Å²) < 4.78 is 0. The van der Waals surface area contributed by atoms with Crippen molar-refractivity contribution in [3.63, 3.8) is 0 Å². The van der Waals surface area contributed by atoms with Gasteiger partial charge in [0.1, 0.15) is 5.25 Å². The van der Waals surface area contributed by atoms with Gasteiger partial charge in [-0.3, -0.25) is 9.59 Å². The lowest BCUT2D eigenvalue weighted by Crippen LogP contribution is -2.18. The fourth-order valence-corrected chi connectivity index (χ4v) is 3.10. The van der Waals surface area contributed by atoms with Crippen LogP contribution in [0.2, 0.25) is 5.02 Å². The van der Waals surface area contributed by atoms with Gasteiger partial charge in [0.2, 0.25) is 0 Å². The van der Waals surface area contributed by atoms with Crippen molar-refractivity contribution < 1.29 is 14.7 Å². The molecule has 1 aromatic carbocycles. The van der Waals surface area contributed by atoms with Crippen LogP contribution in [0.3, 0.4) is 0 Å². The summed E-state index contributed by atoms with van der Waals surface area (Å²) in [6, 6.07) is 5.89. The zero-order chi connectivity index (χ0) is 16.0. The molecule has 21 heavy (non-hydrogen) atoms. The van der Waals surface area contributed by atoms with Gasteiger partial charge in [-0.2, -0.15) is 0 Å². The number of carbonyl (C=O) groups is 2. The summed E-state index contributed by atoms with van der Waals surface area (Å²) in [7, 11) is 0. The second-order valence-corrected chi connectivity index (χ2v) is 7.29. The summed E-state index contributed by atoms with van der Waals surface area (Å²) >= 11 is 7.13. The fourth-order valence-electron chi connectivity index (χ4n) is 2.08. The van der Waals surface area contributed by atoms with Gasteiger partial charge in [-0.15, -0.1) is 0 Å². The van der Waals surface area contributed by atoms with Gasteiger partial charge in [0.05, 0.1) is 0 Å². The van der Waals surface area contributed by atoms with Gasteiger partial charge >= 0.3 is 5.97 Å². The van der Waals surface area contributed by atoms with Crippen LogP contribution in [-0.2, 0) is 22.4 Å². The first-order valence-corrected chi connectivity index (χ1v) is 8.22. The van der Waals surface area contributed by atoms with E-state index >= 15 is 0 Å². The monoisotopic (exact) mass is 328 g/mol. The number of aryl methyl sites for hydroxylation is 1. The lowest BCUT2D eigenvalue weighted by atomic mass is 10.00. The summed E-state index contributed by atoms with van der Waals surface area (Å²) in [6.45, 7) is 5.67. The summed E-state index contributed by atoms with van der Waals surface area (Å²) in [5, 5.41) is 8.96. The molecule has 1 unspecified atom stereocenters. The van der Waals surface area contributed by atoms with Crippen LogP contribution in [0.1, 0.15) is 38.3 Å². The van der Waals surface area contributed by atoms with E-state index in [0.29, 0.717) is 18.8 Å². The number of hydrogen-bond acceptors (Lipinski definition) is 3. The molecule has 0 saturated heterocycles. The minimum absolute atomic E-state index is 0.173. The Labute approximate surface area is 135 Å². The minimum Gasteiger partial charge on any atom is -0.480 e. The third-order valence-electron chi connectivity index (χ3n) is 3.02. The molecule has 5 heteroatoms. The molecule has 0 spiro atoms. The molecule has 1 N–H and O–H groups in total. The number of carboxylic acids is 1. The van der Waals surface area contributed by atoms with Crippen LogP contribution < -0.4 is 0 Å². The zero-order valence-electron chi connectivity index (χ0n) is 12.6. The molecule has 0 heterocycles. The Morgan fingerprint density at radius 3 is 2.48 bits per heavy atom. The number of carboxylic acid groups (broad SMARTS) is 1. The van der Waals surface area contributed by atoms with Crippen molar-refractivity contribution in [2.75, 3.05) is 0 Å². The van der Waals surface area contributed by atoms with Crippen LogP contribution in [-0.4, -0.2) is 21.4 Å². The van der Waals surface area contributed by atoms with Crippen molar-refractivity contribution in [2.24, 2.45) is 5.92 Å². The van der Waals surface area contributed by atoms with Gasteiger partial charge in [-0.1, -0.05) is 49.3 Å². The third kappa shape index (κ3) is 6.53. The maximum Gasteiger partial charge on any atom is 0.317 e. The second kappa shape index (κ2) is 8.44. The SMILES string of the molecule is CC(=O)SC(CCc1ccc(CC(C)C)c(Cl)c1)C(=O)O. The van der Waals surface area contributed by atoms with E-state index in [1.807, 2.05) is 18.2 Å². The van der Waals surface area contributed by atoms with Crippen molar-refractivity contribution >= 4 is 34.4 Å². The Balaban J connectivity index is 2.68. The van der Waals surface area contributed by atoms with E-state index in [0.717, 1.165) is 34.3 Å². The smallest absolute Gasteiger partial charge is 0.317 e. The number of rotatable bonds is 7. The summed E-state index contributed by atoms with van der Waals surface area (Å²) in [5.41, 5.74) is 2.12. The molecule has 0 radical (unpaired) electrons. The van der Waals surface area contributed by atoms with E-state index in [2.05, 4.69) is 13.8 Å². The van der Waals surface area contributed by atoms with Gasteiger partial charge in [0.25, 0.3) is 0 Å². The van der Waals surface area contributed by atoms with Gasteiger partial charge < -0.3 is 5.11 Å². The van der Waals surface area contributed by atoms with E-state index in [-0.39, 0.29) is 5.12 Å². The Bertz CT molecular complexity index is 514. The Hall–Kier alpha value is -1.00. The number of thioether (sulfide) groups is 1. The van der Waals surface area contributed by atoms with Crippen LogP contribution >= 0.6 is 23.4 Å². The largest absolute Gasteiger partial charge is 0.480 e. The van der Waals surface area contributed by atoms with Crippen molar-refractivity contribution in [3.05, 3.63) is 34.3 Å². The molecular weight excluding hydrogens is 308 g/mol. The van der Waals surface area contributed by atoms with Gasteiger partial charge in [0, 0.05) is 11.9 Å². The first-order valence-electron chi connectivity index (χ1n) is 6.97. The highest BCUT2D eigenvalue weighted by Gasteiger charge is 2.20. The molecule has 1 atom stereocenters. The lowest BCUT2D eigenvalue weighted by molar-refractivity contribution is -0.136. The van der Waals surface area contributed by atoms with Crippen molar-refractivity contribution in [3.8, 4) is 0 Å². The number of halogens is 1. The maximum absolute atomic E-state index is 11.1. The van der Waals surface area contributed by atoms with Crippen LogP contribution in [0.25, 0.3) is 0 Å². The van der Waals surface area contributed by atoms with Crippen molar-refractivity contribution in [2.45, 2.75) is 45.3 Å². The topological polar surface area (TPSA) is 54.4 Å². The zero-order valence-corrected chi connectivity index (χ0v) is 14.1. The fraction of sp³-hybridized carbons (Fsp3) is 0.500. The van der Waals surface area contributed by atoms with E-state index < -0.39 is 11.2 Å². The molecule has 0 aliphatic rings. The molecule has 0 aliphatic carbocycles. The third-order valence-corrected chi connectivity index (χ3v) is 4.43. The van der Waals surface area contributed by atoms with Crippen LogP contribution in [0.4, 0.5) is 0 Å². The number of carbonyl (C=O) groups excluding carboxylic acids is 1. The number of hydrogen-bond donors (Lipinski definition) is 1.